The summed E-state index contributed by atoms with van der Waals surface area (Å²) in [5, 5.41) is 9.57. The molecule has 0 spiro atoms. The van der Waals surface area contributed by atoms with Gasteiger partial charge in [-0.3, -0.25) is 4.79 Å². The van der Waals surface area contributed by atoms with Crippen molar-refractivity contribution in [3.63, 3.8) is 0 Å². The van der Waals surface area contributed by atoms with Crippen molar-refractivity contribution in [2.24, 2.45) is 0 Å². The van der Waals surface area contributed by atoms with Crippen LogP contribution in [0.4, 0.5) is 5.69 Å². The van der Waals surface area contributed by atoms with E-state index in [-0.39, 0.29) is 5.91 Å². The molecular weight excluding hydrogens is 330 g/mol. The summed E-state index contributed by atoms with van der Waals surface area (Å²) in [7, 11) is 0. The highest BCUT2D eigenvalue weighted by atomic mass is 32.1. The molecule has 0 radical (unpaired) electrons. The van der Waals surface area contributed by atoms with Crippen molar-refractivity contribution in [1.82, 2.24) is 9.78 Å². The minimum absolute atomic E-state index is 0.170. The van der Waals surface area contributed by atoms with Crippen molar-refractivity contribution in [1.29, 1.82) is 0 Å². The summed E-state index contributed by atoms with van der Waals surface area (Å²) in [6.45, 7) is 0. The van der Waals surface area contributed by atoms with E-state index >= 15 is 0 Å². The fourth-order valence-electron chi connectivity index (χ4n) is 2.57. The molecule has 0 saturated heterocycles. The van der Waals surface area contributed by atoms with Gasteiger partial charge >= 0.3 is 0 Å². The van der Waals surface area contributed by atoms with E-state index < -0.39 is 0 Å². The van der Waals surface area contributed by atoms with Crippen molar-refractivity contribution in [2.45, 2.75) is 0 Å². The number of nitrogens with one attached hydrogen (secondary N) is 1. The van der Waals surface area contributed by atoms with Crippen LogP contribution in [0.5, 0.6) is 0 Å². The SMILES string of the molecule is O=C(Nc1ccccc1)c1cn(-c2ccccc2)nc1-c1cccs1. The molecule has 2 aromatic heterocycles. The Morgan fingerprint density at radius 2 is 1.64 bits per heavy atom. The standard InChI is InChI=1S/C20H15N3OS/c24-20(21-15-8-3-1-4-9-15)17-14-23(16-10-5-2-6-11-16)22-19(17)18-12-7-13-25-18/h1-14H,(H,21,24). The number of rotatable bonds is 4. The largest absolute Gasteiger partial charge is 0.322 e. The summed E-state index contributed by atoms with van der Waals surface area (Å²) in [6, 6.07) is 23.1. The van der Waals surface area contributed by atoms with E-state index in [4.69, 9.17) is 0 Å². The van der Waals surface area contributed by atoms with Crippen LogP contribution in [0, 0.1) is 0 Å². The number of thiophene rings is 1. The molecule has 0 unspecified atom stereocenters. The molecule has 4 rings (SSSR count). The number of benzene rings is 2. The fourth-order valence-corrected chi connectivity index (χ4v) is 3.29. The quantitative estimate of drug-likeness (QED) is 0.574. The maximum atomic E-state index is 12.8. The van der Waals surface area contributed by atoms with Crippen LogP contribution in [0.15, 0.2) is 84.4 Å². The second-order valence-corrected chi connectivity index (χ2v) is 6.42. The molecule has 0 bridgehead atoms. The van der Waals surface area contributed by atoms with Crippen molar-refractivity contribution in [3.05, 3.63) is 89.9 Å². The highest BCUT2D eigenvalue weighted by molar-refractivity contribution is 7.13. The van der Waals surface area contributed by atoms with Crippen molar-refractivity contribution >= 4 is 22.9 Å². The molecule has 5 heteroatoms. The second kappa shape index (κ2) is 6.75. The summed E-state index contributed by atoms with van der Waals surface area (Å²) >= 11 is 1.57. The molecule has 0 fully saturated rings. The van der Waals surface area contributed by atoms with Crippen LogP contribution in [-0.2, 0) is 0 Å². The molecule has 0 aliphatic rings. The molecule has 4 aromatic rings. The minimum atomic E-state index is -0.170. The van der Waals surface area contributed by atoms with Crippen LogP contribution in [0.3, 0.4) is 0 Å². The highest BCUT2D eigenvalue weighted by Gasteiger charge is 2.19. The maximum Gasteiger partial charge on any atom is 0.259 e. The van der Waals surface area contributed by atoms with Crippen LogP contribution in [0.1, 0.15) is 10.4 Å². The zero-order valence-electron chi connectivity index (χ0n) is 13.3. The number of amides is 1. The Bertz CT molecular complexity index is 976. The lowest BCUT2D eigenvalue weighted by molar-refractivity contribution is 0.102. The van der Waals surface area contributed by atoms with Gasteiger partial charge in [0.1, 0.15) is 5.69 Å². The lowest BCUT2D eigenvalue weighted by Crippen LogP contribution is -2.12. The first-order chi connectivity index (χ1) is 12.3. The predicted molar refractivity (Wildman–Crippen MR) is 101 cm³/mol. The first-order valence-corrected chi connectivity index (χ1v) is 8.74. The third-order valence-electron chi connectivity index (χ3n) is 3.77. The lowest BCUT2D eigenvalue weighted by Gasteiger charge is -2.04. The molecule has 1 N–H and O–H groups in total. The highest BCUT2D eigenvalue weighted by Crippen LogP contribution is 2.28. The van der Waals surface area contributed by atoms with Gasteiger partial charge < -0.3 is 5.32 Å². The summed E-state index contributed by atoms with van der Waals surface area (Å²) in [4.78, 5) is 13.8. The molecule has 0 atom stereocenters. The average Bonchev–Trinajstić information content (AvgIpc) is 3.33. The molecule has 122 valence electrons. The van der Waals surface area contributed by atoms with Crippen LogP contribution < -0.4 is 5.32 Å². The lowest BCUT2D eigenvalue weighted by atomic mass is 10.2. The predicted octanol–water partition coefficient (Wildman–Crippen LogP) is 4.85. The van der Waals surface area contributed by atoms with Gasteiger partial charge in [-0.05, 0) is 35.7 Å². The van der Waals surface area contributed by atoms with Gasteiger partial charge in [-0.15, -0.1) is 11.3 Å². The van der Waals surface area contributed by atoms with E-state index in [2.05, 4.69) is 10.4 Å². The Balaban J connectivity index is 1.75. The third kappa shape index (κ3) is 3.22. The van der Waals surface area contributed by atoms with Crippen LogP contribution >= 0.6 is 11.3 Å². The number of nitrogens with zero attached hydrogens (tertiary/aromatic N) is 2. The Hall–Kier alpha value is -3.18. The smallest absolute Gasteiger partial charge is 0.259 e. The second-order valence-electron chi connectivity index (χ2n) is 5.47. The number of hydrogen-bond acceptors (Lipinski definition) is 3. The maximum absolute atomic E-state index is 12.8. The molecule has 1 amide bonds. The number of anilines is 1. The van der Waals surface area contributed by atoms with Gasteiger partial charge in [0.05, 0.1) is 16.1 Å². The number of hydrogen-bond donors (Lipinski definition) is 1. The monoisotopic (exact) mass is 345 g/mol. The van der Waals surface area contributed by atoms with Gasteiger partial charge in [-0.2, -0.15) is 5.10 Å². The Morgan fingerprint density at radius 3 is 2.32 bits per heavy atom. The van der Waals surface area contributed by atoms with E-state index in [9.17, 15) is 4.79 Å². The Labute approximate surface area is 149 Å². The number of aromatic nitrogens is 2. The zero-order chi connectivity index (χ0) is 17.1. The topological polar surface area (TPSA) is 46.9 Å². The van der Waals surface area contributed by atoms with E-state index in [1.54, 1.807) is 22.2 Å². The van der Waals surface area contributed by atoms with Gasteiger partial charge in [0, 0.05) is 11.9 Å². The first-order valence-electron chi connectivity index (χ1n) is 7.86. The molecule has 25 heavy (non-hydrogen) atoms. The van der Waals surface area contributed by atoms with Crippen molar-refractivity contribution in [3.8, 4) is 16.3 Å². The molecule has 2 aromatic carbocycles. The molecular formula is C20H15N3OS. The van der Waals surface area contributed by atoms with Gasteiger partial charge in [-0.1, -0.05) is 42.5 Å². The van der Waals surface area contributed by atoms with Crippen LogP contribution in [0.25, 0.3) is 16.3 Å². The molecule has 0 aliphatic heterocycles. The van der Waals surface area contributed by atoms with E-state index in [1.165, 1.54) is 0 Å². The van der Waals surface area contributed by atoms with Crippen molar-refractivity contribution < 1.29 is 4.79 Å². The fraction of sp³-hybridized carbons (Fsp3) is 0. The molecule has 0 saturated carbocycles. The third-order valence-corrected chi connectivity index (χ3v) is 4.64. The van der Waals surface area contributed by atoms with E-state index in [1.807, 2.05) is 78.2 Å². The first kappa shape index (κ1) is 15.4. The molecule has 4 nitrogen and oxygen atoms in total. The summed E-state index contributed by atoms with van der Waals surface area (Å²) in [5.74, 6) is -0.170. The molecule has 2 heterocycles. The number of carbonyl (C=O) groups is 1. The summed E-state index contributed by atoms with van der Waals surface area (Å²) < 4.78 is 1.74. The number of carbonyl (C=O) groups excluding carboxylic acids is 1. The van der Waals surface area contributed by atoms with Crippen molar-refractivity contribution in [2.75, 3.05) is 5.32 Å². The summed E-state index contributed by atoms with van der Waals surface area (Å²) in [5.41, 5.74) is 2.92. The van der Waals surface area contributed by atoms with Crippen LogP contribution in [0.2, 0.25) is 0 Å². The number of para-hydroxylation sites is 2. The Morgan fingerprint density at radius 1 is 0.920 bits per heavy atom. The van der Waals surface area contributed by atoms with Crippen LogP contribution in [-0.4, -0.2) is 15.7 Å². The normalized spacial score (nSPS) is 10.6. The zero-order valence-corrected chi connectivity index (χ0v) is 14.1. The summed E-state index contributed by atoms with van der Waals surface area (Å²) in [6.07, 6.45) is 1.78. The minimum Gasteiger partial charge on any atom is -0.322 e. The van der Waals surface area contributed by atoms with Gasteiger partial charge in [0.15, 0.2) is 0 Å². The average molecular weight is 345 g/mol. The van der Waals surface area contributed by atoms with E-state index in [0.29, 0.717) is 11.3 Å². The Kier molecular flexibility index (Phi) is 4.14. The molecule has 0 aliphatic carbocycles. The van der Waals surface area contributed by atoms with Gasteiger partial charge in [-0.25, -0.2) is 4.68 Å². The van der Waals surface area contributed by atoms with Gasteiger partial charge in [0.25, 0.3) is 5.91 Å². The van der Waals surface area contributed by atoms with Gasteiger partial charge in [0.2, 0.25) is 0 Å². The van der Waals surface area contributed by atoms with E-state index in [0.717, 1.165) is 16.3 Å².